The predicted molar refractivity (Wildman–Crippen MR) is 139 cm³/mol. The third-order valence-electron chi connectivity index (χ3n) is 5.77. The molecule has 9 nitrogen and oxygen atoms in total. The number of nitrogens with zero attached hydrogens (tertiary/aromatic N) is 5. The summed E-state index contributed by atoms with van der Waals surface area (Å²) in [6.07, 6.45) is 1.36. The Morgan fingerprint density at radius 2 is 1.92 bits per heavy atom. The summed E-state index contributed by atoms with van der Waals surface area (Å²) in [4.78, 5) is 26.7. The maximum atomic E-state index is 13.9. The molecule has 1 unspecified atom stereocenters. The van der Waals surface area contributed by atoms with Crippen LogP contribution >= 0.6 is 0 Å². The maximum Gasteiger partial charge on any atom is 0.264 e. The lowest BCUT2D eigenvalue weighted by atomic mass is 10.0. The summed E-state index contributed by atoms with van der Waals surface area (Å²) >= 11 is 0. The molecule has 0 aliphatic rings. The summed E-state index contributed by atoms with van der Waals surface area (Å²) in [5, 5.41) is 8.73. The zero-order chi connectivity index (χ0) is 25.2. The molecule has 0 fully saturated rings. The van der Waals surface area contributed by atoms with Crippen molar-refractivity contribution >= 4 is 22.4 Å². The maximum absolute atomic E-state index is 13.9. The third-order valence-corrected chi connectivity index (χ3v) is 5.77. The second-order valence-corrected chi connectivity index (χ2v) is 8.18. The van der Waals surface area contributed by atoms with Crippen molar-refractivity contribution in [2.45, 2.75) is 26.8 Å². The largest absolute Gasteiger partial charge is 0.383 e. The second kappa shape index (κ2) is 9.35. The van der Waals surface area contributed by atoms with Crippen LogP contribution in [-0.4, -0.2) is 24.7 Å². The van der Waals surface area contributed by atoms with Crippen molar-refractivity contribution < 1.29 is 4.52 Å². The molecule has 178 valence electrons. The number of benzene rings is 2. The van der Waals surface area contributed by atoms with Gasteiger partial charge >= 0.3 is 0 Å². The van der Waals surface area contributed by atoms with Gasteiger partial charge in [0.1, 0.15) is 23.5 Å². The van der Waals surface area contributed by atoms with Crippen LogP contribution in [0.1, 0.15) is 37.0 Å². The summed E-state index contributed by atoms with van der Waals surface area (Å²) in [5.74, 6) is 7.27. The van der Waals surface area contributed by atoms with Crippen LogP contribution < -0.4 is 16.6 Å². The average molecular weight is 478 g/mol. The van der Waals surface area contributed by atoms with E-state index < -0.39 is 0 Å². The van der Waals surface area contributed by atoms with Crippen LogP contribution in [0, 0.1) is 18.8 Å². The van der Waals surface area contributed by atoms with Crippen molar-refractivity contribution in [3.8, 4) is 28.9 Å². The molecule has 36 heavy (non-hydrogen) atoms. The van der Waals surface area contributed by atoms with E-state index in [0.717, 1.165) is 16.8 Å². The highest BCUT2D eigenvalue weighted by molar-refractivity contribution is 5.88. The number of hydrogen-bond acceptors (Lipinski definition) is 8. The molecule has 2 aromatic carbocycles. The first kappa shape index (κ1) is 22.8. The smallest absolute Gasteiger partial charge is 0.264 e. The number of aryl methyl sites for hydroxylation is 1. The summed E-state index contributed by atoms with van der Waals surface area (Å²) < 4.78 is 6.83. The number of nitrogens with two attached hydrogens (primary N) is 1. The van der Waals surface area contributed by atoms with Crippen LogP contribution in [-0.2, 0) is 0 Å². The fourth-order valence-corrected chi connectivity index (χ4v) is 4.19. The summed E-state index contributed by atoms with van der Waals surface area (Å²) in [5.41, 5.74) is 8.59. The average Bonchev–Trinajstić information content (AvgIpc) is 3.30. The number of nitrogens with one attached hydrogen (secondary N) is 1. The minimum Gasteiger partial charge on any atom is -0.383 e. The normalized spacial score (nSPS) is 11.6. The Morgan fingerprint density at radius 3 is 2.64 bits per heavy atom. The summed E-state index contributed by atoms with van der Waals surface area (Å²) in [7, 11) is 0. The number of para-hydroxylation sites is 1. The van der Waals surface area contributed by atoms with E-state index in [0.29, 0.717) is 28.2 Å². The number of nitrogen functional groups attached to an aromatic ring is 1. The molecule has 1 atom stereocenters. The van der Waals surface area contributed by atoms with Crippen LogP contribution in [0.15, 0.2) is 70.2 Å². The zero-order valence-electron chi connectivity index (χ0n) is 20.0. The van der Waals surface area contributed by atoms with Crippen molar-refractivity contribution in [3.05, 3.63) is 88.4 Å². The highest BCUT2D eigenvalue weighted by atomic mass is 16.5. The van der Waals surface area contributed by atoms with Gasteiger partial charge in [0.15, 0.2) is 0 Å². The molecular weight excluding hydrogens is 454 g/mol. The Balaban J connectivity index is 1.70. The molecule has 0 spiro atoms. The fraction of sp³-hybridized carbons (Fsp3) is 0.148. The minimum absolute atomic E-state index is 0.156. The van der Waals surface area contributed by atoms with Gasteiger partial charge in [-0.1, -0.05) is 41.4 Å². The van der Waals surface area contributed by atoms with Gasteiger partial charge in [0.25, 0.3) is 5.56 Å². The molecule has 5 aromatic rings. The number of aromatic nitrogens is 5. The van der Waals surface area contributed by atoms with Crippen molar-refractivity contribution in [1.82, 2.24) is 24.7 Å². The zero-order valence-corrected chi connectivity index (χ0v) is 20.0. The fourth-order valence-electron chi connectivity index (χ4n) is 4.19. The van der Waals surface area contributed by atoms with Crippen LogP contribution in [0.5, 0.6) is 0 Å². The highest BCUT2D eigenvalue weighted by Crippen LogP contribution is 2.32. The van der Waals surface area contributed by atoms with E-state index in [1.165, 1.54) is 6.33 Å². The molecule has 0 bridgehead atoms. The molecule has 0 saturated carbocycles. The van der Waals surface area contributed by atoms with Crippen molar-refractivity contribution in [2.24, 2.45) is 0 Å². The van der Waals surface area contributed by atoms with Gasteiger partial charge in [0.05, 0.1) is 11.4 Å². The lowest BCUT2D eigenvalue weighted by Gasteiger charge is -2.22. The van der Waals surface area contributed by atoms with E-state index in [2.05, 4.69) is 37.3 Å². The minimum atomic E-state index is -0.371. The molecule has 3 heterocycles. The standard InChI is InChI=1S/C27H23N7O2/c1-4-9-18-10-8-11-19-14-21(34(27(35)22(18)19)20-12-6-5-7-13-20)16(2)31-25-23(24(28)29-15-30-25)26-32-17(3)36-33-26/h5-8,10-16H,1-3H3,(H3,28,29,30,31). The van der Waals surface area contributed by atoms with E-state index in [-0.39, 0.29) is 23.2 Å². The van der Waals surface area contributed by atoms with Crippen LogP contribution in [0.4, 0.5) is 11.6 Å². The number of hydrogen-bond donors (Lipinski definition) is 2. The first-order valence-electron chi connectivity index (χ1n) is 11.3. The Labute approximate surface area is 207 Å². The molecule has 0 aliphatic carbocycles. The molecule has 0 saturated heterocycles. The number of pyridine rings is 1. The summed E-state index contributed by atoms with van der Waals surface area (Å²) in [6.45, 7) is 5.39. The quantitative estimate of drug-likeness (QED) is 0.360. The molecule has 5 rings (SSSR count). The van der Waals surface area contributed by atoms with Gasteiger partial charge in [-0.05, 0) is 43.5 Å². The Hall–Kier alpha value is -4.97. The number of anilines is 2. The lowest BCUT2D eigenvalue weighted by molar-refractivity contribution is 0.394. The molecule has 3 aromatic heterocycles. The van der Waals surface area contributed by atoms with E-state index in [4.69, 9.17) is 10.3 Å². The van der Waals surface area contributed by atoms with Gasteiger partial charge < -0.3 is 15.6 Å². The van der Waals surface area contributed by atoms with E-state index in [1.54, 1.807) is 18.4 Å². The number of rotatable bonds is 5. The van der Waals surface area contributed by atoms with E-state index >= 15 is 0 Å². The van der Waals surface area contributed by atoms with Crippen molar-refractivity contribution in [3.63, 3.8) is 0 Å². The molecule has 0 radical (unpaired) electrons. The first-order chi connectivity index (χ1) is 17.5. The van der Waals surface area contributed by atoms with E-state index in [9.17, 15) is 4.79 Å². The van der Waals surface area contributed by atoms with Gasteiger partial charge in [-0.2, -0.15) is 4.98 Å². The van der Waals surface area contributed by atoms with Gasteiger partial charge in [-0.15, -0.1) is 5.92 Å². The van der Waals surface area contributed by atoms with Gasteiger partial charge in [0.2, 0.25) is 11.7 Å². The molecular formula is C27H23N7O2. The summed E-state index contributed by atoms with van der Waals surface area (Å²) in [6, 6.07) is 16.8. The molecule has 0 aliphatic heterocycles. The van der Waals surface area contributed by atoms with Gasteiger partial charge in [-0.3, -0.25) is 9.36 Å². The highest BCUT2D eigenvalue weighted by Gasteiger charge is 2.22. The molecule has 9 heteroatoms. The number of fused-ring (bicyclic) bond motifs is 1. The lowest BCUT2D eigenvalue weighted by Crippen LogP contribution is -2.26. The monoisotopic (exact) mass is 477 g/mol. The van der Waals surface area contributed by atoms with Crippen LogP contribution in [0.2, 0.25) is 0 Å². The topological polar surface area (TPSA) is 125 Å². The Bertz CT molecular complexity index is 1690. The van der Waals surface area contributed by atoms with Crippen LogP contribution in [0.3, 0.4) is 0 Å². The molecule has 3 N–H and O–H groups in total. The Kier molecular flexibility index (Phi) is 5.92. The first-order valence-corrected chi connectivity index (χ1v) is 11.3. The van der Waals surface area contributed by atoms with E-state index in [1.807, 2.05) is 61.5 Å². The van der Waals surface area contributed by atoms with Gasteiger partial charge in [0, 0.05) is 23.9 Å². The van der Waals surface area contributed by atoms with Gasteiger partial charge in [-0.25, -0.2) is 9.97 Å². The van der Waals surface area contributed by atoms with Crippen molar-refractivity contribution in [2.75, 3.05) is 11.1 Å². The second-order valence-electron chi connectivity index (χ2n) is 8.18. The third kappa shape index (κ3) is 4.05. The van der Waals surface area contributed by atoms with Crippen LogP contribution in [0.25, 0.3) is 27.8 Å². The molecule has 0 amide bonds. The predicted octanol–water partition coefficient (Wildman–Crippen LogP) is 4.27. The SMILES string of the molecule is CC#Cc1cccc2cc(C(C)Nc3ncnc(N)c3-c3noc(C)n3)n(-c3ccccc3)c(=O)c12. The van der Waals surface area contributed by atoms with Crippen molar-refractivity contribution in [1.29, 1.82) is 0 Å². The Morgan fingerprint density at radius 1 is 1.11 bits per heavy atom.